The zero-order chi connectivity index (χ0) is 9.15. The summed E-state index contributed by atoms with van der Waals surface area (Å²) in [4.78, 5) is 0. The van der Waals surface area contributed by atoms with Gasteiger partial charge in [-0.25, -0.2) is 0 Å². The van der Waals surface area contributed by atoms with Crippen molar-refractivity contribution in [3.63, 3.8) is 0 Å². The van der Waals surface area contributed by atoms with Gasteiger partial charge < -0.3 is 1.43 Å². The molecule has 1 atom stereocenters. The van der Waals surface area contributed by atoms with Gasteiger partial charge in [-0.15, -0.1) is 9.24 Å². The predicted molar refractivity (Wildman–Crippen MR) is 62.0 cm³/mol. The Labute approximate surface area is 103 Å². The quantitative estimate of drug-likeness (QED) is 0.465. The average molecular weight is 200 g/mol. The van der Waals surface area contributed by atoms with Crippen molar-refractivity contribution in [2.75, 3.05) is 0 Å². The topological polar surface area (TPSA) is 0 Å². The molecule has 0 radical (unpaired) electrons. The molecule has 2 rings (SSSR count). The fourth-order valence-corrected chi connectivity index (χ4v) is 2.84. The first kappa shape index (κ1) is 12.3. The van der Waals surface area contributed by atoms with Crippen molar-refractivity contribution in [3.8, 4) is 0 Å². The monoisotopic (exact) mass is 200 g/mol. The minimum absolute atomic E-state index is 0. The average Bonchev–Trinajstić information content (AvgIpc) is 2.20. The van der Waals surface area contributed by atoms with Gasteiger partial charge in [0, 0.05) is 5.16 Å². The largest absolute Gasteiger partial charge is 1.00 e. The van der Waals surface area contributed by atoms with E-state index >= 15 is 0 Å². The van der Waals surface area contributed by atoms with Crippen LogP contribution in [0.4, 0.5) is 0 Å². The molecule has 1 saturated carbocycles. The number of rotatable bonds is 1. The molecule has 0 spiro atoms. The molecule has 14 heavy (non-hydrogen) atoms. The molecular weight excluding hydrogens is 182 g/mol. The molecule has 0 nitrogen and oxygen atoms in total. The van der Waals surface area contributed by atoms with Gasteiger partial charge in [0.15, 0.2) is 0 Å². The van der Waals surface area contributed by atoms with Crippen molar-refractivity contribution in [1.82, 2.24) is 0 Å². The Kier molecular flexibility index (Phi) is 4.72. The first-order valence-electron chi connectivity index (χ1n) is 5.16. The van der Waals surface area contributed by atoms with Gasteiger partial charge in [0.05, 0.1) is 0 Å². The zero-order valence-electron chi connectivity index (χ0n) is 10.00. The Balaban J connectivity index is 0.000000980. The summed E-state index contributed by atoms with van der Waals surface area (Å²) in [5.41, 5.74) is 1.50. The fourth-order valence-electron chi connectivity index (χ4n) is 2.24. The molecule has 0 aromatic heterocycles. The van der Waals surface area contributed by atoms with Crippen molar-refractivity contribution in [2.24, 2.45) is 0 Å². The van der Waals surface area contributed by atoms with Gasteiger partial charge in [-0.1, -0.05) is 49.6 Å². The van der Waals surface area contributed by atoms with Crippen LogP contribution in [0.5, 0.6) is 0 Å². The van der Waals surface area contributed by atoms with E-state index in [2.05, 4.69) is 39.6 Å². The van der Waals surface area contributed by atoms with Gasteiger partial charge in [-0.2, -0.15) is 0 Å². The second-order valence-corrected chi connectivity index (χ2v) is 5.19. The summed E-state index contributed by atoms with van der Waals surface area (Å²) in [6.45, 7) is 0. The van der Waals surface area contributed by atoms with E-state index in [0.717, 1.165) is 0 Å². The Morgan fingerprint density at radius 1 is 1.00 bits per heavy atom. The summed E-state index contributed by atoms with van der Waals surface area (Å²) in [7, 11) is 3.08. The van der Waals surface area contributed by atoms with E-state index in [1.165, 1.54) is 37.7 Å². The van der Waals surface area contributed by atoms with Crippen LogP contribution < -0.4 is 18.9 Å². The van der Waals surface area contributed by atoms with Crippen molar-refractivity contribution >= 4 is 9.24 Å². The zero-order valence-corrected chi connectivity index (χ0v) is 10.2. The van der Waals surface area contributed by atoms with Crippen LogP contribution in [-0.4, -0.2) is 0 Å². The van der Waals surface area contributed by atoms with E-state index in [-0.39, 0.29) is 20.3 Å². The molecule has 0 N–H and O–H groups in total. The third-order valence-corrected chi connectivity index (χ3v) is 4.01. The van der Waals surface area contributed by atoms with E-state index in [4.69, 9.17) is 0 Å². The normalized spacial score (nSPS) is 19.8. The molecule has 1 aromatic carbocycles. The summed E-state index contributed by atoms with van der Waals surface area (Å²) >= 11 is 0. The molecule has 0 bridgehead atoms. The molecule has 1 unspecified atom stereocenters. The van der Waals surface area contributed by atoms with Crippen LogP contribution in [0.1, 0.15) is 39.1 Å². The van der Waals surface area contributed by atoms with Crippen LogP contribution >= 0.6 is 9.24 Å². The van der Waals surface area contributed by atoms with Crippen molar-refractivity contribution < 1.29 is 20.3 Å². The molecule has 0 amide bonds. The van der Waals surface area contributed by atoms with Crippen LogP contribution in [0, 0.1) is 0 Å². The Bertz CT molecular complexity index is 270. The van der Waals surface area contributed by atoms with Gasteiger partial charge in [0.2, 0.25) is 0 Å². The van der Waals surface area contributed by atoms with E-state index in [1.807, 2.05) is 0 Å². The Morgan fingerprint density at radius 3 is 2.14 bits per heavy atom. The summed E-state index contributed by atoms with van der Waals surface area (Å²) in [5, 5.41) is 0.388. The second kappa shape index (κ2) is 5.36. The number of hydrogen-bond donors (Lipinski definition) is 0. The van der Waals surface area contributed by atoms with Crippen molar-refractivity contribution in [2.45, 2.75) is 37.3 Å². The number of hydrogen-bond acceptors (Lipinski definition) is 0. The molecule has 0 aliphatic heterocycles. The summed E-state index contributed by atoms with van der Waals surface area (Å²) in [6.07, 6.45) is 6.86. The smallest absolute Gasteiger partial charge is 1.00 e. The predicted octanol–water partition coefficient (Wildman–Crippen LogP) is 0.838. The summed E-state index contributed by atoms with van der Waals surface area (Å²) in [5.74, 6) is 0. The molecule has 2 heteroatoms. The molecule has 1 aliphatic carbocycles. The minimum atomic E-state index is 0. The van der Waals surface area contributed by atoms with E-state index in [1.54, 1.807) is 0 Å². The minimum Gasteiger partial charge on any atom is -1.00 e. The number of benzene rings is 1. The van der Waals surface area contributed by atoms with Gasteiger partial charge >= 0.3 is 18.9 Å². The summed E-state index contributed by atoms with van der Waals surface area (Å²) < 4.78 is 0. The Morgan fingerprint density at radius 2 is 1.57 bits per heavy atom. The molecule has 1 aromatic rings. The van der Waals surface area contributed by atoms with E-state index < -0.39 is 0 Å². The van der Waals surface area contributed by atoms with Crippen LogP contribution in [-0.2, 0) is 5.16 Å². The van der Waals surface area contributed by atoms with Crippen LogP contribution in [0.25, 0.3) is 0 Å². The fraction of sp³-hybridized carbons (Fsp3) is 0.500. The molecule has 1 aliphatic rings. The summed E-state index contributed by atoms with van der Waals surface area (Å²) in [6, 6.07) is 10.9. The van der Waals surface area contributed by atoms with Crippen LogP contribution in [0.3, 0.4) is 0 Å². The molecule has 72 valence electrons. The maximum absolute atomic E-state index is 3.08. The van der Waals surface area contributed by atoms with Crippen LogP contribution in [0.15, 0.2) is 30.3 Å². The first-order chi connectivity index (χ1) is 6.31. The van der Waals surface area contributed by atoms with Gasteiger partial charge in [0.1, 0.15) is 0 Å². The molecular formula is C12H18LiP. The van der Waals surface area contributed by atoms with Gasteiger partial charge in [-0.05, 0) is 18.4 Å². The van der Waals surface area contributed by atoms with E-state index in [9.17, 15) is 0 Å². The molecule has 0 heterocycles. The second-order valence-electron chi connectivity index (χ2n) is 4.08. The van der Waals surface area contributed by atoms with Gasteiger partial charge in [0.25, 0.3) is 0 Å². The van der Waals surface area contributed by atoms with Crippen LogP contribution in [0.2, 0.25) is 0 Å². The maximum Gasteiger partial charge on any atom is 1.00 e. The van der Waals surface area contributed by atoms with Crippen molar-refractivity contribution in [3.05, 3.63) is 35.9 Å². The maximum atomic E-state index is 3.08. The third kappa shape index (κ3) is 2.64. The van der Waals surface area contributed by atoms with Crippen molar-refractivity contribution in [1.29, 1.82) is 0 Å². The standard InChI is InChI=1S/C12H17P.Li.H/c13-12(9-5-2-6-10-12)11-7-3-1-4-8-11;;/h1,3-4,7-8H,2,5-6,9-10,13H2;;/q;+1;-1. The first-order valence-corrected chi connectivity index (χ1v) is 5.73. The molecule has 0 saturated heterocycles. The third-order valence-electron chi connectivity index (χ3n) is 3.09. The Hall–Kier alpha value is 0.247. The van der Waals surface area contributed by atoms with E-state index in [0.29, 0.717) is 5.16 Å². The molecule has 1 fully saturated rings. The van der Waals surface area contributed by atoms with Gasteiger partial charge in [-0.3, -0.25) is 0 Å². The SMILES string of the molecule is PC1(c2ccccc2)CCCCC1.[H-].[Li+].